The van der Waals surface area contributed by atoms with Crippen LogP contribution in [0.5, 0.6) is 0 Å². The van der Waals surface area contributed by atoms with Gasteiger partial charge in [-0.3, -0.25) is 9.59 Å². The van der Waals surface area contributed by atoms with Crippen molar-refractivity contribution >= 4 is 11.8 Å². The minimum Gasteiger partial charge on any atom is -0.342 e. The summed E-state index contributed by atoms with van der Waals surface area (Å²) >= 11 is 0. The largest absolute Gasteiger partial charge is 0.342 e. The van der Waals surface area contributed by atoms with Gasteiger partial charge in [0, 0.05) is 6.54 Å². The topological polar surface area (TPSA) is 49.4 Å². The van der Waals surface area contributed by atoms with Crippen molar-refractivity contribution < 1.29 is 9.59 Å². The molecule has 0 spiro atoms. The summed E-state index contributed by atoms with van der Waals surface area (Å²) in [6.07, 6.45) is 3.46. The van der Waals surface area contributed by atoms with Crippen molar-refractivity contribution in [3.05, 3.63) is 71.3 Å². The van der Waals surface area contributed by atoms with Crippen LogP contribution < -0.4 is 5.32 Å². The number of nitrogens with one attached hydrogen (secondary N) is 1. The molecule has 1 fully saturated rings. The first-order valence-corrected chi connectivity index (χ1v) is 10.8. The molecule has 4 rings (SSSR count). The van der Waals surface area contributed by atoms with Crippen LogP contribution in [0, 0.1) is 11.8 Å². The van der Waals surface area contributed by atoms with Gasteiger partial charge in [-0.1, -0.05) is 81.3 Å². The zero-order valence-electron chi connectivity index (χ0n) is 17.3. The third kappa shape index (κ3) is 3.81. The van der Waals surface area contributed by atoms with Crippen molar-refractivity contribution in [1.29, 1.82) is 0 Å². The first-order chi connectivity index (χ1) is 14.1. The number of nitrogens with zero attached hydrogens (tertiary/aromatic N) is 1. The molecule has 2 aliphatic rings. The summed E-state index contributed by atoms with van der Waals surface area (Å²) in [5.74, 6) is 0.382. The summed E-state index contributed by atoms with van der Waals surface area (Å²) in [6, 6.07) is 17.6. The van der Waals surface area contributed by atoms with Gasteiger partial charge >= 0.3 is 0 Å². The lowest BCUT2D eigenvalue weighted by Crippen LogP contribution is -2.66. The summed E-state index contributed by atoms with van der Waals surface area (Å²) in [4.78, 5) is 28.8. The van der Waals surface area contributed by atoms with E-state index in [0.717, 1.165) is 31.2 Å². The quantitative estimate of drug-likeness (QED) is 0.817. The molecule has 0 aromatic heterocycles. The Morgan fingerprint density at radius 3 is 2.10 bits per heavy atom. The highest BCUT2D eigenvalue weighted by atomic mass is 16.2. The SMILES string of the molecule is CCC(CC)[C@@H]1C(=O)N[C@H](C2Cc3ccccc3C2)C(=O)N1Cc1ccccc1. The van der Waals surface area contributed by atoms with E-state index in [-0.39, 0.29) is 23.7 Å². The molecule has 2 amide bonds. The molecular formula is C25H30N2O2. The number of piperazine rings is 1. The van der Waals surface area contributed by atoms with Crippen LogP contribution in [-0.2, 0) is 29.0 Å². The van der Waals surface area contributed by atoms with Crippen LogP contribution in [0.4, 0.5) is 0 Å². The number of amides is 2. The van der Waals surface area contributed by atoms with Crippen molar-refractivity contribution in [3.8, 4) is 0 Å². The number of carbonyl (C=O) groups is 2. The minimum atomic E-state index is -0.441. The van der Waals surface area contributed by atoms with Crippen LogP contribution in [0.15, 0.2) is 54.6 Å². The van der Waals surface area contributed by atoms with Gasteiger partial charge in [-0.2, -0.15) is 0 Å². The molecule has 29 heavy (non-hydrogen) atoms. The smallest absolute Gasteiger partial charge is 0.246 e. The van der Waals surface area contributed by atoms with Crippen molar-refractivity contribution in [2.24, 2.45) is 11.8 Å². The van der Waals surface area contributed by atoms with E-state index in [9.17, 15) is 9.59 Å². The third-order valence-corrected chi connectivity index (χ3v) is 6.70. The van der Waals surface area contributed by atoms with Gasteiger partial charge in [-0.05, 0) is 41.4 Å². The van der Waals surface area contributed by atoms with Crippen LogP contribution in [0.3, 0.4) is 0 Å². The normalized spacial score (nSPS) is 22.1. The summed E-state index contributed by atoms with van der Waals surface area (Å²) in [5.41, 5.74) is 3.67. The average molecular weight is 391 g/mol. The van der Waals surface area contributed by atoms with E-state index >= 15 is 0 Å². The Morgan fingerprint density at radius 1 is 0.931 bits per heavy atom. The lowest BCUT2D eigenvalue weighted by Gasteiger charge is -2.43. The van der Waals surface area contributed by atoms with Crippen molar-refractivity contribution in [2.75, 3.05) is 0 Å². The van der Waals surface area contributed by atoms with Gasteiger partial charge in [0.05, 0.1) is 0 Å². The molecule has 2 aromatic rings. The second-order valence-electron chi connectivity index (χ2n) is 8.40. The fourth-order valence-corrected chi connectivity index (χ4v) is 5.07. The number of fused-ring (bicyclic) bond motifs is 1. The maximum atomic E-state index is 13.7. The Labute approximate surface area is 173 Å². The number of rotatable bonds is 6. The maximum absolute atomic E-state index is 13.7. The van der Waals surface area contributed by atoms with E-state index in [2.05, 4.69) is 31.3 Å². The van der Waals surface area contributed by atoms with E-state index < -0.39 is 12.1 Å². The Morgan fingerprint density at radius 2 is 1.52 bits per heavy atom. The van der Waals surface area contributed by atoms with Crippen LogP contribution in [0.1, 0.15) is 43.4 Å². The zero-order chi connectivity index (χ0) is 20.4. The van der Waals surface area contributed by atoms with Gasteiger partial charge in [0.25, 0.3) is 0 Å². The Balaban J connectivity index is 1.62. The predicted molar refractivity (Wildman–Crippen MR) is 114 cm³/mol. The second kappa shape index (κ2) is 8.40. The monoisotopic (exact) mass is 390 g/mol. The molecule has 4 heteroatoms. The molecular weight excluding hydrogens is 360 g/mol. The second-order valence-corrected chi connectivity index (χ2v) is 8.40. The highest BCUT2D eigenvalue weighted by molar-refractivity contribution is 5.97. The number of benzene rings is 2. The Kier molecular flexibility index (Phi) is 5.70. The summed E-state index contributed by atoms with van der Waals surface area (Å²) in [6.45, 7) is 4.70. The summed E-state index contributed by atoms with van der Waals surface area (Å²) in [5, 5.41) is 3.13. The molecule has 1 heterocycles. The molecule has 0 bridgehead atoms. The first-order valence-electron chi connectivity index (χ1n) is 10.8. The maximum Gasteiger partial charge on any atom is 0.246 e. The Bertz CT molecular complexity index is 850. The van der Waals surface area contributed by atoms with Gasteiger partial charge in [0.15, 0.2) is 0 Å². The molecule has 0 unspecified atom stereocenters. The van der Waals surface area contributed by atoms with Gasteiger partial charge in [-0.25, -0.2) is 0 Å². The van der Waals surface area contributed by atoms with Gasteiger partial charge in [0.2, 0.25) is 11.8 Å². The molecule has 0 saturated carbocycles. The van der Waals surface area contributed by atoms with E-state index in [0.29, 0.717) is 6.54 Å². The highest BCUT2D eigenvalue weighted by Gasteiger charge is 2.46. The first kappa shape index (κ1) is 19.7. The Hall–Kier alpha value is -2.62. The van der Waals surface area contributed by atoms with Crippen LogP contribution >= 0.6 is 0 Å². The van der Waals surface area contributed by atoms with Crippen molar-refractivity contribution in [1.82, 2.24) is 10.2 Å². The lowest BCUT2D eigenvalue weighted by molar-refractivity contribution is -0.154. The number of carbonyl (C=O) groups excluding carboxylic acids is 2. The molecule has 2 atom stereocenters. The van der Waals surface area contributed by atoms with Crippen molar-refractivity contribution in [3.63, 3.8) is 0 Å². The van der Waals surface area contributed by atoms with E-state index in [1.807, 2.05) is 47.4 Å². The molecule has 4 nitrogen and oxygen atoms in total. The van der Waals surface area contributed by atoms with Crippen LogP contribution in [-0.4, -0.2) is 28.8 Å². The highest BCUT2D eigenvalue weighted by Crippen LogP contribution is 2.33. The molecule has 2 aromatic carbocycles. The summed E-state index contributed by atoms with van der Waals surface area (Å²) < 4.78 is 0. The van der Waals surface area contributed by atoms with Gasteiger partial charge in [-0.15, -0.1) is 0 Å². The molecule has 1 N–H and O–H groups in total. The average Bonchev–Trinajstić information content (AvgIpc) is 3.18. The fraction of sp³-hybridized carbons (Fsp3) is 0.440. The van der Waals surface area contributed by atoms with E-state index in [4.69, 9.17) is 0 Å². The molecule has 0 radical (unpaired) electrons. The minimum absolute atomic E-state index is 0.00943. The van der Waals surface area contributed by atoms with Crippen LogP contribution in [0.25, 0.3) is 0 Å². The van der Waals surface area contributed by atoms with E-state index in [1.54, 1.807) is 0 Å². The third-order valence-electron chi connectivity index (χ3n) is 6.70. The fourth-order valence-electron chi connectivity index (χ4n) is 5.07. The number of hydrogen-bond acceptors (Lipinski definition) is 2. The molecule has 1 aliphatic carbocycles. The zero-order valence-corrected chi connectivity index (χ0v) is 17.3. The predicted octanol–water partition coefficient (Wildman–Crippen LogP) is 3.73. The molecule has 1 aliphatic heterocycles. The molecule has 1 saturated heterocycles. The standard InChI is InChI=1S/C25H30N2O2/c1-3-18(4-2)23-24(28)26-22(21-14-19-12-8-9-13-20(19)15-21)25(29)27(23)16-17-10-6-5-7-11-17/h5-13,18,21-23H,3-4,14-16H2,1-2H3,(H,26,28)/t22-,23-/m1/s1. The van der Waals surface area contributed by atoms with Gasteiger partial charge in [0.1, 0.15) is 12.1 Å². The number of hydrogen-bond donors (Lipinski definition) is 1. The van der Waals surface area contributed by atoms with E-state index in [1.165, 1.54) is 11.1 Å². The van der Waals surface area contributed by atoms with Crippen LogP contribution in [0.2, 0.25) is 0 Å². The van der Waals surface area contributed by atoms with Crippen molar-refractivity contribution in [2.45, 2.75) is 58.2 Å². The summed E-state index contributed by atoms with van der Waals surface area (Å²) in [7, 11) is 0. The molecule has 152 valence electrons. The van der Waals surface area contributed by atoms with Gasteiger partial charge < -0.3 is 10.2 Å². The lowest BCUT2D eigenvalue weighted by atomic mass is 9.86.